The van der Waals surface area contributed by atoms with Gasteiger partial charge < -0.3 is 14.8 Å². The second kappa shape index (κ2) is 10.1. The zero-order chi connectivity index (χ0) is 18.9. The maximum absolute atomic E-state index is 12.6. The number of para-hydroxylation sites is 1. The lowest BCUT2D eigenvalue weighted by molar-refractivity contribution is -0.124. The molecule has 5 heteroatoms. The number of rotatable bonds is 8. The van der Waals surface area contributed by atoms with E-state index in [0.29, 0.717) is 0 Å². The van der Waals surface area contributed by atoms with Gasteiger partial charge in [-0.1, -0.05) is 55.5 Å². The predicted octanol–water partition coefficient (Wildman–Crippen LogP) is 2.82. The maximum Gasteiger partial charge on any atom is 0.258 e. The van der Waals surface area contributed by atoms with Gasteiger partial charge in [-0.3, -0.25) is 9.69 Å². The molecule has 1 aliphatic heterocycles. The number of nitrogens with one attached hydrogen (secondary N) is 1. The fourth-order valence-electron chi connectivity index (χ4n) is 3.28. The van der Waals surface area contributed by atoms with Crippen LogP contribution in [0.25, 0.3) is 0 Å². The van der Waals surface area contributed by atoms with Gasteiger partial charge in [-0.05, 0) is 23.6 Å². The SMILES string of the molecule is CCc1ccccc1OCC(=O)NC(CN1CCOCC1)c1ccccc1. The Morgan fingerprint density at radius 1 is 1.11 bits per heavy atom. The lowest BCUT2D eigenvalue weighted by Gasteiger charge is -2.31. The number of carbonyl (C=O) groups is 1. The summed E-state index contributed by atoms with van der Waals surface area (Å²) < 4.78 is 11.2. The summed E-state index contributed by atoms with van der Waals surface area (Å²) in [4.78, 5) is 14.9. The maximum atomic E-state index is 12.6. The third-order valence-electron chi connectivity index (χ3n) is 4.79. The van der Waals surface area contributed by atoms with Crippen LogP contribution < -0.4 is 10.1 Å². The highest BCUT2D eigenvalue weighted by atomic mass is 16.5. The summed E-state index contributed by atoms with van der Waals surface area (Å²) in [5.74, 6) is 0.669. The third-order valence-corrected chi connectivity index (χ3v) is 4.79. The number of amides is 1. The van der Waals surface area contributed by atoms with Gasteiger partial charge in [0.05, 0.1) is 19.3 Å². The summed E-state index contributed by atoms with van der Waals surface area (Å²) >= 11 is 0. The molecule has 3 rings (SSSR count). The summed E-state index contributed by atoms with van der Waals surface area (Å²) in [5, 5.41) is 3.14. The first-order valence-electron chi connectivity index (χ1n) is 9.61. The molecule has 1 atom stereocenters. The summed E-state index contributed by atoms with van der Waals surface area (Å²) in [6.45, 7) is 6.13. The van der Waals surface area contributed by atoms with Crippen LogP contribution in [0.3, 0.4) is 0 Å². The normalized spacial score (nSPS) is 15.9. The highest BCUT2D eigenvalue weighted by molar-refractivity contribution is 5.78. The van der Waals surface area contributed by atoms with Gasteiger partial charge in [0.1, 0.15) is 5.75 Å². The first-order valence-corrected chi connectivity index (χ1v) is 9.61. The van der Waals surface area contributed by atoms with Crippen molar-refractivity contribution in [3.05, 3.63) is 65.7 Å². The van der Waals surface area contributed by atoms with Crippen LogP contribution in [0, 0.1) is 0 Å². The molecule has 1 saturated heterocycles. The standard InChI is InChI=1S/C22H28N2O3/c1-2-18-8-6-7-11-21(18)27-17-22(25)23-20(19-9-4-3-5-10-19)16-24-12-14-26-15-13-24/h3-11,20H,2,12-17H2,1H3,(H,23,25). The number of hydrogen-bond acceptors (Lipinski definition) is 4. The van der Waals surface area contributed by atoms with Crippen LogP contribution in [-0.2, 0) is 16.0 Å². The Kier molecular flexibility index (Phi) is 7.25. The molecule has 5 nitrogen and oxygen atoms in total. The third kappa shape index (κ3) is 5.81. The van der Waals surface area contributed by atoms with Crippen LogP contribution in [0.1, 0.15) is 24.1 Å². The first-order chi connectivity index (χ1) is 13.3. The Bertz CT molecular complexity index is 715. The minimum absolute atomic E-state index is 0.0173. The van der Waals surface area contributed by atoms with Crippen LogP contribution in [-0.4, -0.2) is 50.3 Å². The van der Waals surface area contributed by atoms with Gasteiger partial charge in [0.15, 0.2) is 6.61 Å². The molecular formula is C22H28N2O3. The zero-order valence-electron chi connectivity index (χ0n) is 15.9. The van der Waals surface area contributed by atoms with Crippen LogP contribution >= 0.6 is 0 Å². The van der Waals surface area contributed by atoms with E-state index in [1.165, 1.54) is 0 Å². The number of nitrogens with zero attached hydrogens (tertiary/aromatic N) is 1. The molecule has 0 aliphatic carbocycles. The van der Waals surface area contributed by atoms with Gasteiger partial charge >= 0.3 is 0 Å². The van der Waals surface area contributed by atoms with E-state index in [9.17, 15) is 4.79 Å². The van der Waals surface area contributed by atoms with Gasteiger partial charge in [0.2, 0.25) is 0 Å². The molecule has 2 aromatic carbocycles. The highest BCUT2D eigenvalue weighted by Crippen LogP contribution is 2.19. The molecule has 1 amide bonds. The Balaban J connectivity index is 1.61. The first kappa shape index (κ1) is 19.4. The monoisotopic (exact) mass is 368 g/mol. The Morgan fingerprint density at radius 3 is 2.56 bits per heavy atom. The fourth-order valence-corrected chi connectivity index (χ4v) is 3.28. The van der Waals surface area contributed by atoms with Gasteiger partial charge in [-0.25, -0.2) is 0 Å². The van der Waals surface area contributed by atoms with Crippen molar-refractivity contribution in [2.24, 2.45) is 0 Å². The largest absolute Gasteiger partial charge is 0.483 e. The van der Waals surface area contributed by atoms with Crippen molar-refractivity contribution in [1.82, 2.24) is 10.2 Å². The Morgan fingerprint density at radius 2 is 1.81 bits per heavy atom. The van der Waals surface area contributed by atoms with Crippen LogP contribution in [0.4, 0.5) is 0 Å². The van der Waals surface area contributed by atoms with E-state index in [2.05, 4.69) is 29.3 Å². The van der Waals surface area contributed by atoms with Crippen molar-refractivity contribution < 1.29 is 14.3 Å². The van der Waals surface area contributed by atoms with Gasteiger partial charge in [-0.15, -0.1) is 0 Å². The smallest absolute Gasteiger partial charge is 0.258 e. The number of aryl methyl sites for hydroxylation is 1. The van der Waals surface area contributed by atoms with Gasteiger partial charge in [0, 0.05) is 19.6 Å². The number of ether oxygens (including phenoxy) is 2. The van der Waals surface area contributed by atoms with E-state index in [-0.39, 0.29) is 18.6 Å². The lowest BCUT2D eigenvalue weighted by Crippen LogP contribution is -2.44. The second-order valence-corrected chi connectivity index (χ2v) is 6.69. The topological polar surface area (TPSA) is 50.8 Å². The summed E-state index contributed by atoms with van der Waals surface area (Å²) in [6.07, 6.45) is 0.876. The number of morpholine rings is 1. The summed E-state index contributed by atoms with van der Waals surface area (Å²) in [5.41, 5.74) is 2.21. The predicted molar refractivity (Wildman–Crippen MR) is 106 cm³/mol. The average Bonchev–Trinajstić information content (AvgIpc) is 2.73. The van der Waals surface area contributed by atoms with Crippen molar-refractivity contribution in [1.29, 1.82) is 0 Å². The molecule has 0 radical (unpaired) electrons. The molecule has 144 valence electrons. The molecule has 0 bridgehead atoms. The highest BCUT2D eigenvalue weighted by Gasteiger charge is 2.20. The molecule has 1 heterocycles. The molecule has 27 heavy (non-hydrogen) atoms. The van der Waals surface area contributed by atoms with Gasteiger partial charge in [0.25, 0.3) is 5.91 Å². The Hall–Kier alpha value is -2.37. The summed E-state index contributed by atoms with van der Waals surface area (Å²) in [7, 11) is 0. The zero-order valence-corrected chi connectivity index (χ0v) is 15.9. The molecule has 1 unspecified atom stereocenters. The van der Waals surface area contributed by atoms with E-state index in [1.807, 2.05) is 42.5 Å². The van der Waals surface area contributed by atoms with Crippen LogP contribution in [0.5, 0.6) is 5.75 Å². The van der Waals surface area contributed by atoms with E-state index >= 15 is 0 Å². The average molecular weight is 368 g/mol. The minimum Gasteiger partial charge on any atom is -0.483 e. The lowest BCUT2D eigenvalue weighted by atomic mass is 10.1. The minimum atomic E-state index is -0.108. The molecule has 0 saturated carbocycles. The number of benzene rings is 2. The molecular weight excluding hydrogens is 340 g/mol. The quantitative estimate of drug-likeness (QED) is 0.778. The van der Waals surface area contributed by atoms with Gasteiger partial charge in [-0.2, -0.15) is 0 Å². The Labute approximate surface area is 161 Å². The molecule has 0 aromatic heterocycles. The van der Waals surface area contributed by atoms with E-state index in [0.717, 1.165) is 56.1 Å². The molecule has 1 N–H and O–H groups in total. The van der Waals surface area contributed by atoms with Crippen molar-refractivity contribution >= 4 is 5.91 Å². The second-order valence-electron chi connectivity index (χ2n) is 6.69. The van der Waals surface area contributed by atoms with E-state index < -0.39 is 0 Å². The number of carbonyl (C=O) groups excluding carboxylic acids is 1. The van der Waals surface area contributed by atoms with E-state index in [4.69, 9.17) is 9.47 Å². The molecule has 0 spiro atoms. The number of hydrogen-bond donors (Lipinski definition) is 1. The van der Waals surface area contributed by atoms with Crippen molar-refractivity contribution in [3.63, 3.8) is 0 Å². The molecule has 1 fully saturated rings. The van der Waals surface area contributed by atoms with Crippen molar-refractivity contribution in [2.75, 3.05) is 39.5 Å². The van der Waals surface area contributed by atoms with Crippen LogP contribution in [0.2, 0.25) is 0 Å². The fraction of sp³-hybridized carbons (Fsp3) is 0.409. The van der Waals surface area contributed by atoms with Crippen LogP contribution in [0.15, 0.2) is 54.6 Å². The van der Waals surface area contributed by atoms with Crippen molar-refractivity contribution in [3.8, 4) is 5.75 Å². The van der Waals surface area contributed by atoms with E-state index in [1.54, 1.807) is 0 Å². The molecule has 1 aliphatic rings. The molecule has 2 aromatic rings. The summed E-state index contributed by atoms with van der Waals surface area (Å²) in [6, 6.07) is 17.9. The van der Waals surface area contributed by atoms with Crippen molar-refractivity contribution in [2.45, 2.75) is 19.4 Å².